The molecular weight excluding hydrogens is 312 g/mol. The highest BCUT2D eigenvalue weighted by Crippen LogP contribution is 2.20. The van der Waals surface area contributed by atoms with Gasteiger partial charge in [0, 0.05) is 38.6 Å². The molecule has 1 amide bonds. The third kappa shape index (κ3) is 4.60. The number of amides is 1. The van der Waals surface area contributed by atoms with Crippen molar-refractivity contribution in [3.05, 3.63) is 65.7 Å². The van der Waals surface area contributed by atoms with Crippen LogP contribution >= 0.6 is 0 Å². The van der Waals surface area contributed by atoms with E-state index in [2.05, 4.69) is 24.0 Å². The largest absolute Gasteiger partial charge is 0.508 e. The molecule has 0 radical (unpaired) electrons. The normalized spacial score (nSPS) is 19.0. The Bertz CT molecular complexity index is 702. The lowest BCUT2D eigenvalue weighted by atomic mass is 10.1. The molecule has 1 saturated heterocycles. The number of aromatic hydroxyl groups is 1. The summed E-state index contributed by atoms with van der Waals surface area (Å²) in [7, 11) is 0. The summed E-state index contributed by atoms with van der Waals surface area (Å²) in [5.74, 6) is 0.523. The molecule has 1 aliphatic rings. The Morgan fingerprint density at radius 1 is 1.04 bits per heavy atom. The van der Waals surface area contributed by atoms with Crippen molar-refractivity contribution in [1.82, 2.24) is 9.80 Å². The van der Waals surface area contributed by atoms with E-state index in [1.54, 1.807) is 12.1 Å². The van der Waals surface area contributed by atoms with E-state index in [1.807, 2.05) is 35.2 Å². The molecule has 4 heteroatoms. The Labute approximate surface area is 149 Å². The average Bonchev–Trinajstić information content (AvgIpc) is 2.76. The van der Waals surface area contributed by atoms with Crippen molar-refractivity contribution in [3.63, 3.8) is 0 Å². The first-order chi connectivity index (χ1) is 12.2. The van der Waals surface area contributed by atoms with Crippen LogP contribution in [0.2, 0.25) is 0 Å². The molecule has 1 heterocycles. The van der Waals surface area contributed by atoms with E-state index in [0.29, 0.717) is 18.7 Å². The van der Waals surface area contributed by atoms with Gasteiger partial charge in [-0.05, 0) is 29.7 Å². The van der Waals surface area contributed by atoms with Crippen LogP contribution < -0.4 is 0 Å². The molecule has 2 aromatic carbocycles. The highest BCUT2D eigenvalue weighted by molar-refractivity contribution is 5.77. The van der Waals surface area contributed by atoms with Gasteiger partial charge in [0.05, 0.1) is 0 Å². The third-order valence-corrected chi connectivity index (χ3v) is 4.86. The maximum atomic E-state index is 12.7. The minimum atomic E-state index is 0.215. The Hall–Kier alpha value is -2.33. The van der Waals surface area contributed by atoms with E-state index in [-0.39, 0.29) is 11.9 Å². The van der Waals surface area contributed by atoms with Crippen LogP contribution in [0.3, 0.4) is 0 Å². The summed E-state index contributed by atoms with van der Waals surface area (Å²) in [6, 6.07) is 17.8. The van der Waals surface area contributed by atoms with Crippen LogP contribution in [-0.4, -0.2) is 39.9 Å². The van der Waals surface area contributed by atoms with Gasteiger partial charge in [-0.15, -0.1) is 0 Å². The predicted molar refractivity (Wildman–Crippen MR) is 99.1 cm³/mol. The van der Waals surface area contributed by atoms with E-state index in [9.17, 15) is 9.90 Å². The summed E-state index contributed by atoms with van der Waals surface area (Å²) >= 11 is 0. The van der Waals surface area contributed by atoms with Crippen molar-refractivity contribution < 1.29 is 9.90 Å². The average molecular weight is 338 g/mol. The lowest BCUT2D eigenvalue weighted by molar-refractivity contribution is -0.133. The minimum absolute atomic E-state index is 0.215. The van der Waals surface area contributed by atoms with Gasteiger partial charge in [0.2, 0.25) is 5.91 Å². The fourth-order valence-corrected chi connectivity index (χ4v) is 3.49. The molecular formula is C21H26N2O2. The van der Waals surface area contributed by atoms with Gasteiger partial charge in [-0.25, -0.2) is 0 Å². The fraction of sp³-hybridized carbons (Fsp3) is 0.381. The highest BCUT2D eigenvalue weighted by atomic mass is 16.3. The summed E-state index contributed by atoms with van der Waals surface area (Å²) in [6.07, 6.45) is 1.48. The van der Waals surface area contributed by atoms with Crippen LogP contribution in [0.1, 0.15) is 30.9 Å². The van der Waals surface area contributed by atoms with Crippen molar-refractivity contribution in [3.8, 4) is 5.75 Å². The quantitative estimate of drug-likeness (QED) is 0.909. The third-order valence-electron chi connectivity index (χ3n) is 4.86. The zero-order valence-corrected chi connectivity index (χ0v) is 14.8. The Kier molecular flexibility index (Phi) is 5.71. The molecule has 0 unspecified atom stereocenters. The van der Waals surface area contributed by atoms with Crippen molar-refractivity contribution >= 4 is 5.91 Å². The topological polar surface area (TPSA) is 43.8 Å². The molecule has 1 N–H and O–H groups in total. The van der Waals surface area contributed by atoms with E-state index >= 15 is 0 Å². The standard InChI is InChI=1S/C21H26N2O2/c1-2-19-16-22(14-18-9-6-10-20(24)13-18)12-11-21(25)23(19)15-17-7-4-3-5-8-17/h3-10,13,19,24H,2,11-12,14-16H2,1H3/t19-/m0/s1. The van der Waals surface area contributed by atoms with Gasteiger partial charge in [0.1, 0.15) is 5.75 Å². The molecule has 3 rings (SSSR count). The monoisotopic (exact) mass is 338 g/mol. The zero-order valence-electron chi connectivity index (χ0n) is 14.8. The van der Waals surface area contributed by atoms with Crippen molar-refractivity contribution in [2.75, 3.05) is 13.1 Å². The molecule has 0 spiro atoms. The van der Waals surface area contributed by atoms with Gasteiger partial charge in [-0.1, -0.05) is 49.4 Å². The van der Waals surface area contributed by atoms with Gasteiger partial charge < -0.3 is 10.0 Å². The maximum absolute atomic E-state index is 12.7. The summed E-state index contributed by atoms with van der Waals surface area (Å²) < 4.78 is 0. The molecule has 4 nitrogen and oxygen atoms in total. The molecule has 0 saturated carbocycles. The van der Waals surface area contributed by atoms with Crippen LogP contribution in [0.25, 0.3) is 0 Å². The van der Waals surface area contributed by atoms with E-state index in [4.69, 9.17) is 0 Å². The number of hydrogen-bond donors (Lipinski definition) is 1. The first-order valence-corrected chi connectivity index (χ1v) is 8.99. The Morgan fingerprint density at radius 3 is 2.52 bits per heavy atom. The van der Waals surface area contributed by atoms with Crippen LogP contribution in [0.15, 0.2) is 54.6 Å². The summed E-state index contributed by atoms with van der Waals surface area (Å²) in [4.78, 5) is 17.1. The first-order valence-electron chi connectivity index (χ1n) is 8.99. The molecule has 1 atom stereocenters. The van der Waals surface area contributed by atoms with E-state index < -0.39 is 0 Å². The molecule has 2 aromatic rings. The molecule has 1 fully saturated rings. The number of phenolic OH excluding ortho intramolecular Hbond substituents is 1. The van der Waals surface area contributed by atoms with Gasteiger partial charge in [0.25, 0.3) is 0 Å². The molecule has 0 aromatic heterocycles. The van der Waals surface area contributed by atoms with Crippen LogP contribution in [-0.2, 0) is 17.9 Å². The molecule has 132 valence electrons. The second-order valence-electron chi connectivity index (χ2n) is 6.72. The van der Waals surface area contributed by atoms with E-state index in [1.165, 1.54) is 5.56 Å². The number of rotatable bonds is 5. The number of benzene rings is 2. The summed E-state index contributed by atoms with van der Waals surface area (Å²) in [6.45, 7) is 5.21. The zero-order chi connectivity index (χ0) is 17.6. The maximum Gasteiger partial charge on any atom is 0.224 e. The lowest BCUT2D eigenvalue weighted by Crippen LogP contribution is -2.42. The Balaban J connectivity index is 1.72. The summed E-state index contributed by atoms with van der Waals surface area (Å²) in [5, 5.41) is 9.66. The van der Waals surface area contributed by atoms with Crippen molar-refractivity contribution in [2.45, 2.75) is 38.9 Å². The first kappa shape index (κ1) is 17.5. The van der Waals surface area contributed by atoms with E-state index in [0.717, 1.165) is 31.6 Å². The smallest absolute Gasteiger partial charge is 0.224 e. The fourth-order valence-electron chi connectivity index (χ4n) is 3.49. The summed E-state index contributed by atoms with van der Waals surface area (Å²) in [5.41, 5.74) is 2.26. The second kappa shape index (κ2) is 8.17. The van der Waals surface area contributed by atoms with Crippen LogP contribution in [0, 0.1) is 0 Å². The van der Waals surface area contributed by atoms with Crippen molar-refractivity contribution in [1.29, 1.82) is 0 Å². The molecule has 0 bridgehead atoms. The van der Waals surface area contributed by atoms with Crippen LogP contribution in [0.5, 0.6) is 5.75 Å². The van der Waals surface area contributed by atoms with Gasteiger partial charge in [-0.3, -0.25) is 9.69 Å². The number of nitrogens with zero attached hydrogens (tertiary/aromatic N) is 2. The number of hydrogen-bond acceptors (Lipinski definition) is 3. The SMILES string of the molecule is CC[C@H]1CN(Cc2cccc(O)c2)CCC(=O)N1Cc1ccccc1. The molecule has 1 aliphatic heterocycles. The number of carbonyl (C=O) groups is 1. The lowest BCUT2D eigenvalue weighted by Gasteiger charge is -2.31. The van der Waals surface area contributed by atoms with Crippen molar-refractivity contribution in [2.24, 2.45) is 0 Å². The van der Waals surface area contributed by atoms with Gasteiger partial charge in [-0.2, -0.15) is 0 Å². The number of phenols is 1. The molecule has 25 heavy (non-hydrogen) atoms. The Morgan fingerprint density at radius 2 is 1.80 bits per heavy atom. The van der Waals surface area contributed by atoms with Gasteiger partial charge in [0.15, 0.2) is 0 Å². The van der Waals surface area contributed by atoms with Gasteiger partial charge >= 0.3 is 0 Å². The predicted octanol–water partition coefficient (Wildman–Crippen LogP) is 3.41. The number of carbonyl (C=O) groups excluding carboxylic acids is 1. The minimum Gasteiger partial charge on any atom is -0.508 e. The highest BCUT2D eigenvalue weighted by Gasteiger charge is 2.28. The van der Waals surface area contributed by atoms with Crippen LogP contribution in [0.4, 0.5) is 0 Å². The molecule has 0 aliphatic carbocycles. The second-order valence-corrected chi connectivity index (χ2v) is 6.72.